The standard InChI is InChI=1S/C12H23ClN2O3S/c1-12(2,9-13)11(16)15-7-5-4-6-10(15)8-14-19(3,17)18/h10,14H,4-9H2,1-3H3. The molecule has 7 heteroatoms. The molecule has 0 radical (unpaired) electrons. The first-order valence-corrected chi connectivity index (χ1v) is 8.91. The number of carbonyl (C=O) groups excluding carboxylic acids is 1. The minimum Gasteiger partial charge on any atom is -0.338 e. The van der Waals surface area contributed by atoms with Crippen molar-refractivity contribution in [2.24, 2.45) is 5.41 Å². The summed E-state index contributed by atoms with van der Waals surface area (Å²) < 4.78 is 24.8. The van der Waals surface area contributed by atoms with Gasteiger partial charge in [-0.05, 0) is 33.1 Å². The Kier molecular flexibility index (Phi) is 5.65. The van der Waals surface area contributed by atoms with Gasteiger partial charge >= 0.3 is 0 Å². The third-order valence-electron chi connectivity index (χ3n) is 3.38. The molecular weight excluding hydrogens is 288 g/mol. The molecule has 1 heterocycles. The second-order valence-corrected chi connectivity index (χ2v) is 7.89. The molecule has 5 nitrogen and oxygen atoms in total. The number of hydrogen-bond acceptors (Lipinski definition) is 3. The first-order valence-electron chi connectivity index (χ1n) is 6.49. The van der Waals surface area contributed by atoms with Crippen LogP contribution in [0.4, 0.5) is 0 Å². The summed E-state index contributed by atoms with van der Waals surface area (Å²) in [7, 11) is -3.23. The Labute approximate surface area is 120 Å². The van der Waals surface area contributed by atoms with Crippen LogP contribution in [-0.4, -0.2) is 50.5 Å². The molecule has 1 aliphatic heterocycles. The lowest BCUT2D eigenvalue weighted by molar-refractivity contribution is -0.142. The van der Waals surface area contributed by atoms with Crippen molar-refractivity contribution in [1.82, 2.24) is 9.62 Å². The van der Waals surface area contributed by atoms with Gasteiger partial charge in [0.1, 0.15) is 0 Å². The number of likely N-dealkylation sites (tertiary alicyclic amines) is 1. The van der Waals surface area contributed by atoms with E-state index in [0.29, 0.717) is 6.54 Å². The van der Waals surface area contributed by atoms with Gasteiger partial charge in [0.05, 0.1) is 11.7 Å². The number of carbonyl (C=O) groups is 1. The van der Waals surface area contributed by atoms with E-state index in [4.69, 9.17) is 11.6 Å². The molecule has 0 spiro atoms. The van der Waals surface area contributed by atoms with E-state index in [1.807, 2.05) is 13.8 Å². The van der Waals surface area contributed by atoms with Crippen LogP contribution in [-0.2, 0) is 14.8 Å². The number of rotatable bonds is 5. The van der Waals surface area contributed by atoms with Gasteiger partial charge in [0.25, 0.3) is 0 Å². The first-order chi connectivity index (χ1) is 8.67. The summed E-state index contributed by atoms with van der Waals surface area (Å²) in [5.41, 5.74) is -0.609. The van der Waals surface area contributed by atoms with Crippen LogP contribution in [0.15, 0.2) is 0 Å². The van der Waals surface area contributed by atoms with Crippen LogP contribution in [0, 0.1) is 5.41 Å². The highest BCUT2D eigenvalue weighted by molar-refractivity contribution is 7.88. The van der Waals surface area contributed by atoms with Crippen molar-refractivity contribution >= 4 is 27.5 Å². The molecule has 1 atom stereocenters. The van der Waals surface area contributed by atoms with Crippen molar-refractivity contribution in [3.8, 4) is 0 Å². The van der Waals surface area contributed by atoms with Gasteiger partial charge in [-0.25, -0.2) is 13.1 Å². The Morgan fingerprint density at radius 3 is 2.58 bits per heavy atom. The molecule has 19 heavy (non-hydrogen) atoms. The van der Waals surface area contributed by atoms with E-state index < -0.39 is 15.4 Å². The predicted octanol–water partition coefficient (Wildman–Crippen LogP) is 1.18. The molecule has 0 aromatic rings. The number of sulfonamides is 1. The highest BCUT2D eigenvalue weighted by Crippen LogP contribution is 2.26. The van der Waals surface area contributed by atoms with Crippen LogP contribution in [0.1, 0.15) is 33.1 Å². The molecule has 1 unspecified atom stereocenters. The summed E-state index contributed by atoms with van der Waals surface area (Å²) in [5, 5.41) is 0. The van der Waals surface area contributed by atoms with Crippen molar-refractivity contribution in [2.45, 2.75) is 39.2 Å². The maximum Gasteiger partial charge on any atom is 0.229 e. The van der Waals surface area contributed by atoms with Gasteiger partial charge in [0.2, 0.25) is 15.9 Å². The number of nitrogens with one attached hydrogen (secondary N) is 1. The lowest BCUT2D eigenvalue weighted by Crippen LogP contribution is -2.53. The van der Waals surface area contributed by atoms with E-state index in [9.17, 15) is 13.2 Å². The number of nitrogens with zero attached hydrogens (tertiary/aromatic N) is 1. The molecule has 0 bridgehead atoms. The van der Waals surface area contributed by atoms with Gasteiger partial charge in [0, 0.05) is 25.0 Å². The Balaban J connectivity index is 2.75. The zero-order valence-electron chi connectivity index (χ0n) is 11.8. The predicted molar refractivity (Wildman–Crippen MR) is 76.7 cm³/mol. The van der Waals surface area contributed by atoms with Crippen molar-refractivity contribution < 1.29 is 13.2 Å². The minimum atomic E-state index is -3.23. The van der Waals surface area contributed by atoms with Gasteiger partial charge < -0.3 is 4.90 Å². The highest BCUT2D eigenvalue weighted by atomic mass is 35.5. The number of hydrogen-bond donors (Lipinski definition) is 1. The third kappa shape index (κ3) is 4.93. The molecule has 1 fully saturated rings. The molecule has 1 saturated heterocycles. The summed E-state index contributed by atoms with van der Waals surface area (Å²) in [6.07, 6.45) is 3.93. The summed E-state index contributed by atoms with van der Waals surface area (Å²) in [4.78, 5) is 14.2. The quantitative estimate of drug-likeness (QED) is 0.776. The molecular formula is C12H23ClN2O3S. The maximum absolute atomic E-state index is 12.5. The van der Waals surface area contributed by atoms with Crippen molar-refractivity contribution in [1.29, 1.82) is 0 Å². The van der Waals surface area contributed by atoms with Crippen LogP contribution in [0.5, 0.6) is 0 Å². The normalized spacial score (nSPS) is 21.5. The Bertz CT molecular complexity index is 423. The van der Waals surface area contributed by atoms with Crippen molar-refractivity contribution in [2.75, 3.05) is 25.2 Å². The van der Waals surface area contributed by atoms with Crippen molar-refractivity contribution in [3.63, 3.8) is 0 Å². The largest absolute Gasteiger partial charge is 0.338 e. The lowest BCUT2D eigenvalue weighted by Gasteiger charge is -2.39. The summed E-state index contributed by atoms with van der Waals surface area (Å²) in [6, 6.07) is -0.0709. The monoisotopic (exact) mass is 310 g/mol. The molecule has 1 amide bonds. The van der Waals surface area contributed by atoms with E-state index in [2.05, 4.69) is 4.72 Å². The lowest BCUT2D eigenvalue weighted by atomic mass is 9.91. The highest BCUT2D eigenvalue weighted by Gasteiger charge is 2.36. The smallest absolute Gasteiger partial charge is 0.229 e. The Morgan fingerprint density at radius 1 is 1.42 bits per heavy atom. The van der Waals surface area contributed by atoms with Gasteiger partial charge in [-0.3, -0.25) is 4.79 Å². The fourth-order valence-electron chi connectivity index (χ4n) is 2.17. The van der Waals surface area contributed by atoms with Crippen LogP contribution >= 0.6 is 11.6 Å². The second kappa shape index (κ2) is 6.41. The average Bonchev–Trinajstić information content (AvgIpc) is 2.35. The van der Waals surface area contributed by atoms with Gasteiger partial charge in [-0.1, -0.05) is 0 Å². The third-order valence-corrected chi connectivity index (χ3v) is 4.74. The minimum absolute atomic E-state index is 0.00232. The van der Waals surface area contributed by atoms with Gasteiger partial charge in [0.15, 0.2) is 0 Å². The maximum atomic E-state index is 12.5. The molecule has 1 N–H and O–H groups in total. The Hall–Kier alpha value is -0.330. The van der Waals surface area contributed by atoms with Gasteiger partial charge in [-0.2, -0.15) is 0 Å². The van der Waals surface area contributed by atoms with Gasteiger partial charge in [-0.15, -0.1) is 11.6 Å². The van der Waals surface area contributed by atoms with Crippen LogP contribution < -0.4 is 4.72 Å². The average molecular weight is 311 g/mol. The second-order valence-electron chi connectivity index (χ2n) is 5.79. The zero-order valence-corrected chi connectivity index (χ0v) is 13.4. The topological polar surface area (TPSA) is 66.5 Å². The zero-order chi connectivity index (χ0) is 14.7. The number of halogens is 1. The molecule has 0 aromatic carbocycles. The molecule has 0 aromatic heterocycles. The fourth-order valence-corrected chi connectivity index (χ4v) is 2.78. The number of alkyl halides is 1. The fraction of sp³-hybridized carbons (Fsp3) is 0.917. The van der Waals surface area contributed by atoms with Crippen molar-refractivity contribution in [3.05, 3.63) is 0 Å². The molecule has 112 valence electrons. The Morgan fingerprint density at radius 2 is 2.05 bits per heavy atom. The van der Waals surface area contributed by atoms with Crippen LogP contribution in [0.25, 0.3) is 0 Å². The van der Waals surface area contributed by atoms with E-state index in [-0.39, 0.29) is 24.4 Å². The molecule has 1 aliphatic rings. The summed E-state index contributed by atoms with van der Waals surface area (Å²) >= 11 is 5.85. The van der Waals surface area contributed by atoms with Crippen LogP contribution in [0.2, 0.25) is 0 Å². The van der Waals surface area contributed by atoms with E-state index in [0.717, 1.165) is 25.5 Å². The van der Waals surface area contributed by atoms with E-state index in [1.54, 1.807) is 4.90 Å². The first kappa shape index (κ1) is 16.7. The SMILES string of the molecule is CC(C)(CCl)C(=O)N1CCCCC1CNS(C)(=O)=O. The summed E-state index contributed by atoms with van der Waals surface area (Å²) in [5.74, 6) is 0.261. The molecule has 1 rings (SSSR count). The van der Waals surface area contributed by atoms with E-state index >= 15 is 0 Å². The number of piperidine rings is 1. The van der Waals surface area contributed by atoms with E-state index in [1.165, 1.54) is 0 Å². The summed E-state index contributed by atoms with van der Waals surface area (Å²) in [6.45, 7) is 4.59. The molecule has 0 saturated carbocycles. The van der Waals surface area contributed by atoms with Crippen LogP contribution in [0.3, 0.4) is 0 Å². The molecule has 0 aliphatic carbocycles. The number of amides is 1.